The molecule has 0 aliphatic carbocycles. The summed E-state index contributed by atoms with van der Waals surface area (Å²) in [5.41, 5.74) is 0.0467. The Morgan fingerprint density at radius 3 is 2.69 bits per heavy atom. The lowest BCUT2D eigenvalue weighted by Crippen LogP contribution is -2.37. The number of unbranched alkanes of at least 4 members (excludes halogenated alkanes) is 1. The van der Waals surface area contributed by atoms with Crippen LogP contribution in [0.5, 0.6) is 5.75 Å². The summed E-state index contributed by atoms with van der Waals surface area (Å²) in [7, 11) is 3.05. The van der Waals surface area contributed by atoms with Crippen molar-refractivity contribution in [1.82, 2.24) is 18.7 Å². The molecule has 9 heteroatoms. The fourth-order valence-electron chi connectivity index (χ4n) is 3.33. The summed E-state index contributed by atoms with van der Waals surface area (Å²) in [4.78, 5) is 40.3. The molecule has 4 rings (SSSR count). The summed E-state index contributed by atoms with van der Waals surface area (Å²) in [6.45, 7) is 0.974. The standard InChI is InChI=1S/C20H20N4O5/c1-22-18-17(19(26)23(2)20(22)27)24(12-21-18)9-5-6-10-28-15-11-16(25)29-14-8-4-3-7-13(14)15/h3-4,7-8,11-12H,5-6,9-10H2,1-2H3. The quantitative estimate of drug-likeness (QED) is 0.361. The van der Waals surface area contributed by atoms with E-state index >= 15 is 0 Å². The summed E-state index contributed by atoms with van der Waals surface area (Å²) < 4.78 is 15.1. The first kappa shape index (κ1) is 18.7. The fraction of sp³-hybridized carbons (Fsp3) is 0.300. The lowest BCUT2D eigenvalue weighted by Gasteiger charge is -2.09. The van der Waals surface area contributed by atoms with Gasteiger partial charge in [0.25, 0.3) is 5.56 Å². The van der Waals surface area contributed by atoms with Gasteiger partial charge in [-0.15, -0.1) is 0 Å². The highest BCUT2D eigenvalue weighted by Gasteiger charge is 2.14. The third-order valence-electron chi connectivity index (χ3n) is 4.88. The Labute approximate surface area is 164 Å². The van der Waals surface area contributed by atoms with Crippen LogP contribution in [-0.2, 0) is 20.6 Å². The van der Waals surface area contributed by atoms with Crippen molar-refractivity contribution in [3.8, 4) is 5.75 Å². The van der Waals surface area contributed by atoms with Crippen LogP contribution in [0.25, 0.3) is 22.1 Å². The number of para-hydroxylation sites is 1. The lowest BCUT2D eigenvalue weighted by atomic mass is 10.2. The van der Waals surface area contributed by atoms with Gasteiger partial charge >= 0.3 is 11.3 Å². The number of hydrogen-bond acceptors (Lipinski definition) is 6. The number of hydrogen-bond donors (Lipinski definition) is 0. The summed E-state index contributed by atoms with van der Waals surface area (Å²) in [6.07, 6.45) is 3.01. The topological polar surface area (TPSA) is 101 Å². The van der Waals surface area contributed by atoms with Gasteiger partial charge in [-0.3, -0.25) is 13.9 Å². The summed E-state index contributed by atoms with van der Waals surface area (Å²) in [5, 5.41) is 0.747. The molecule has 29 heavy (non-hydrogen) atoms. The molecule has 0 N–H and O–H groups in total. The minimum Gasteiger partial charge on any atom is -0.493 e. The Bertz CT molecular complexity index is 1380. The molecule has 0 saturated heterocycles. The minimum atomic E-state index is -0.454. The lowest BCUT2D eigenvalue weighted by molar-refractivity contribution is 0.304. The van der Waals surface area contributed by atoms with Gasteiger partial charge in [0.05, 0.1) is 24.4 Å². The predicted molar refractivity (Wildman–Crippen MR) is 107 cm³/mol. The van der Waals surface area contributed by atoms with Crippen molar-refractivity contribution < 1.29 is 9.15 Å². The average Bonchev–Trinajstić information content (AvgIpc) is 3.14. The highest BCUT2D eigenvalue weighted by atomic mass is 16.5. The Kier molecular flexibility index (Phi) is 4.79. The third-order valence-corrected chi connectivity index (χ3v) is 4.88. The van der Waals surface area contributed by atoms with Gasteiger partial charge < -0.3 is 13.7 Å². The largest absolute Gasteiger partial charge is 0.493 e. The molecule has 0 radical (unpaired) electrons. The highest BCUT2D eigenvalue weighted by Crippen LogP contribution is 2.23. The molecule has 0 atom stereocenters. The number of aryl methyl sites for hydroxylation is 2. The SMILES string of the molecule is Cn1c(=O)c2c(ncn2CCCCOc2cc(=O)oc3ccccc23)n(C)c1=O. The van der Waals surface area contributed by atoms with Crippen LogP contribution in [0.1, 0.15) is 12.8 Å². The fourth-order valence-corrected chi connectivity index (χ4v) is 3.33. The van der Waals surface area contributed by atoms with Crippen molar-refractivity contribution in [3.05, 3.63) is 67.9 Å². The Hall–Kier alpha value is -3.62. The normalized spacial score (nSPS) is 11.4. The van der Waals surface area contributed by atoms with Gasteiger partial charge in [0.1, 0.15) is 11.3 Å². The number of nitrogens with zero attached hydrogens (tertiary/aromatic N) is 4. The molecule has 0 unspecified atom stereocenters. The zero-order valence-electron chi connectivity index (χ0n) is 16.1. The Balaban J connectivity index is 1.44. The van der Waals surface area contributed by atoms with Crippen molar-refractivity contribution in [2.75, 3.05) is 6.61 Å². The van der Waals surface area contributed by atoms with E-state index in [9.17, 15) is 14.4 Å². The van der Waals surface area contributed by atoms with Crippen LogP contribution in [0.2, 0.25) is 0 Å². The summed E-state index contributed by atoms with van der Waals surface area (Å²) in [5.74, 6) is 0.494. The van der Waals surface area contributed by atoms with Gasteiger partial charge in [-0.05, 0) is 25.0 Å². The molecule has 9 nitrogen and oxygen atoms in total. The van der Waals surface area contributed by atoms with Crippen molar-refractivity contribution in [2.24, 2.45) is 14.1 Å². The molecular weight excluding hydrogens is 376 g/mol. The minimum absolute atomic E-state index is 0.362. The van der Waals surface area contributed by atoms with E-state index in [0.29, 0.717) is 42.1 Å². The molecule has 3 aromatic heterocycles. The summed E-state index contributed by atoms with van der Waals surface area (Å²) >= 11 is 0. The van der Waals surface area contributed by atoms with E-state index in [1.807, 2.05) is 12.1 Å². The molecule has 3 heterocycles. The first-order valence-electron chi connectivity index (χ1n) is 9.24. The maximum absolute atomic E-state index is 12.4. The van der Waals surface area contributed by atoms with Gasteiger partial charge in [-0.2, -0.15) is 0 Å². The highest BCUT2D eigenvalue weighted by molar-refractivity contribution is 5.82. The van der Waals surface area contributed by atoms with Crippen molar-refractivity contribution >= 4 is 22.1 Å². The van der Waals surface area contributed by atoms with E-state index in [-0.39, 0.29) is 5.56 Å². The van der Waals surface area contributed by atoms with Crippen molar-refractivity contribution in [3.63, 3.8) is 0 Å². The number of rotatable bonds is 6. The monoisotopic (exact) mass is 396 g/mol. The first-order valence-corrected chi connectivity index (χ1v) is 9.24. The van der Waals surface area contributed by atoms with E-state index in [1.165, 1.54) is 17.7 Å². The van der Waals surface area contributed by atoms with E-state index in [2.05, 4.69) is 4.98 Å². The molecule has 0 saturated carbocycles. The molecule has 0 amide bonds. The van der Waals surface area contributed by atoms with Crippen LogP contribution in [0.3, 0.4) is 0 Å². The Morgan fingerprint density at radius 1 is 1.07 bits per heavy atom. The zero-order valence-corrected chi connectivity index (χ0v) is 16.1. The number of aromatic nitrogens is 4. The number of benzene rings is 1. The number of imidazole rings is 1. The maximum atomic E-state index is 12.4. The maximum Gasteiger partial charge on any atom is 0.339 e. The second-order valence-corrected chi connectivity index (χ2v) is 6.80. The molecular formula is C20H20N4O5. The van der Waals surface area contributed by atoms with E-state index < -0.39 is 11.3 Å². The molecule has 0 aliphatic heterocycles. The van der Waals surface area contributed by atoms with Crippen LogP contribution in [0.15, 0.2) is 55.5 Å². The van der Waals surface area contributed by atoms with Crippen LogP contribution >= 0.6 is 0 Å². The van der Waals surface area contributed by atoms with Crippen molar-refractivity contribution in [2.45, 2.75) is 19.4 Å². The van der Waals surface area contributed by atoms with Gasteiger partial charge in [0, 0.05) is 20.6 Å². The average molecular weight is 396 g/mol. The predicted octanol–water partition coefficient (Wildman–Crippen LogP) is 1.40. The van der Waals surface area contributed by atoms with Gasteiger partial charge in [-0.1, -0.05) is 12.1 Å². The molecule has 0 aliphatic rings. The molecule has 1 aromatic carbocycles. The van der Waals surface area contributed by atoms with E-state index in [1.54, 1.807) is 30.1 Å². The first-order chi connectivity index (χ1) is 14.0. The molecule has 0 bridgehead atoms. The van der Waals surface area contributed by atoms with Gasteiger partial charge in [0.15, 0.2) is 11.2 Å². The smallest absolute Gasteiger partial charge is 0.339 e. The van der Waals surface area contributed by atoms with Crippen LogP contribution in [-0.4, -0.2) is 25.3 Å². The van der Waals surface area contributed by atoms with Gasteiger partial charge in [-0.25, -0.2) is 14.6 Å². The van der Waals surface area contributed by atoms with Crippen LogP contribution in [0.4, 0.5) is 0 Å². The number of ether oxygens (including phenoxy) is 1. The summed E-state index contributed by atoms with van der Waals surface area (Å²) in [6, 6.07) is 8.56. The second kappa shape index (κ2) is 7.42. The van der Waals surface area contributed by atoms with Crippen LogP contribution < -0.4 is 21.6 Å². The van der Waals surface area contributed by atoms with E-state index in [0.717, 1.165) is 16.4 Å². The molecule has 0 spiro atoms. The molecule has 0 fully saturated rings. The number of fused-ring (bicyclic) bond motifs is 2. The van der Waals surface area contributed by atoms with E-state index in [4.69, 9.17) is 9.15 Å². The Morgan fingerprint density at radius 2 is 1.86 bits per heavy atom. The second-order valence-electron chi connectivity index (χ2n) is 6.80. The van der Waals surface area contributed by atoms with Crippen molar-refractivity contribution in [1.29, 1.82) is 0 Å². The zero-order chi connectivity index (χ0) is 20.5. The molecule has 4 aromatic rings. The molecule has 150 valence electrons. The third kappa shape index (κ3) is 3.35. The van der Waals surface area contributed by atoms with Gasteiger partial charge in [0.2, 0.25) is 0 Å². The van der Waals surface area contributed by atoms with Crippen LogP contribution in [0, 0.1) is 0 Å².